The van der Waals surface area contributed by atoms with Crippen molar-refractivity contribution in [2.24, 2.45) is 5.92 Å². The molecule has 1 saturated carbocycles. The Morgan fingerprint density at radius 3 is 2.55 bits per heavy atom. The first kappa shape index (κ1) is 14.6. The van der Waals surface area contributed by atoms with E-state index in [0.29, 0.717) is 12.5 Å². The van der Waals surface area contributed by atoms with Crippen LogP contribution in [0.4, 0.5) is 0 Å². The zero-order chi connectivity index (χ0) is 14.4. The van der Waals surface area contributed by atoms with E-state index in [0.717, 1.165) is 18.4 Å². The van der Waals surface area contributed by atoms with E-state index in [9.17, 15) is 10.1 Å². The maximum atomic E-state index is 12.5. The molecule has 0 bridgehead atoms. The molecule has 3 nitrogen and oxygen atoms in total. The standard InChI is InChI=1S/C17H22N2O/c1-19(16-10-6-3-7-11-16)17(20)15(13-18)12-14-8-4-2-5-9-14/h2,4-5,8-9,15-16H,3,6-7,10-12H2,1H3. The zero-order valence-corrected chi connectivity index (χ0v) is 12.1. The van der Waals surface area contributed by atoms with Gasteiger partial charge >= 0.3 is 0 Å². The third kappa shape index (κ3) is 3.60. The van der Waals surface area contributed by atoms with Crippen molar-refractivity contribution in [1.82, 2.24) is 4.90 Å². The molecule has 0 aromatic heterocycles. The van der Waals surface area contributed by atoms with E-state index in [2.05, 4.69) is 6.07 Å². The lowest BCUT2D eigenvalue weighted by Gasteiger charge is -2.32. The first-order valence-electron chi connectivity index (χ1n) is 7.42. The molecule has 2 rings (SSSR count). The lowest BCUT2D eigenvalue weighted by atomic mass is 9.92. The molecule has 1 atom stereocenters. The molecule has 1 aromatic carbocycles. The number of nitriles is 1. The van der Waals surface area contributed by atoms with Crippen molar-refractivity contribution < 1.29 is 4.79 Å². The van der Waals surface area contributed by atoms with Crippen LogP contribution in [0.2, 0.25) is 0 Å². The van der Waals surface area contributed by atoms with Crippen molar-refractivity contribution in [3.05, 3.63) is 35.9 Å². The van der Waals surface area contributed by atoms with Crippen molar-refractivity contribution >= 4 is 5.91 Å². The van der Waals surface area contributed by atoms with Crippen LogP contribution in [0.15, 0.2) is 30.3 Å². The van der Waals surface area contributed by atoms with E-state index < -0.39 is 5.92 Å². The first-order chi connectivity index (χ1) is 9.72. The molecule has 0 N–H and O–H groups in total. The Hall–Kier alpha value is -1.82. The maximum absolute atomic E-state index is 12.5. The van der Waals surface area contributed by atoms with Crippen LogP contribution in [0.3, 0.4) is 0 Å². The van der Waals surface area contributed by atoms with Gasteiger partial charge in [-0.15, -0.1) is 0 Å². The Labute approximate surface area is 121 Å². The number of carbonyl (C=O) groups is 1. The van der Waals surface area contributed by atoms with Crippen LogP contribution in [0.1, 0.15) is 37.7 Å². The number of rotatable bonds is 4. The van der Waals surface area contributed by atoms with Crippen molar-refractivity contribution in [2.75, 3.05) is 7.05 Å². The molecule has 106 valence electrons. The molecule has 0 spiro atoms. The monoisotopic (exact) mass is 270 g/mol. The Kier molecular flexibility index (Phi) is 5.17. The van der Waals surface area contributed by atoms with Gasteiger partial charge in [0.2, 0.25) is 5.91 Å². The van der Waals surface area contributed by atoms with Crippen LogP contribution in [0.25, 0.3) is 0 Å². The van der Waals surface area contributed by atoms with Gasteiger partial charge in [0, 0.05) is 13.1 Å². The minimum Gasteiger partial charge on any atom is -0.342 e. The molecule has 1 amide bonds. The quantitative estimate of drug-likeness (QED) is 0.843. The van der Waals surface area contributed by atoms with Crippen LogP contribution >= 0.6 is 0 Å². The van der Waals surface area contributed by atoms with Gasteiger partial charge in [-0.1, -0.05) is 49.6 Å². The van der Waals surface area contributed by atoms with Gasteiger partial charge in [-0.2, -0.15) is 5.26 Å². The van der Waals surface area contributed by atoms with E-state index in [4.69, 9.17) is 0 Å². The summed E-state index contributed by atoms with van der Waals surface area (Å²) in [5.74, 6) is -0.590. The lowest BCUT2D eigenvalue weighted by Crippen LogP contribution is -2.41. The minimum atomic E-state index is -0.565. The summed E-state index contributed by atoms with van der Waals surface area (Å²) < 4.78 is 0. The lowest BCUT2D eigenvalue weighted by molar-refractivity contribution is -0.135. The topological polar surface area (TPSA) is 44.1 Å². The number of benzene rings is 1. The second kappa shape index (κ2) is 7.09. The highest BCUT2D eigenvalue weighted by Gasteiger charge is 2.27. The molecule has 0 heterocycles. The van der Waals surface area contributed by atoms with Crippen LogP contribution < -0.4 is 0 Å². The third-order valence-electron chi connectivity index (χ3n) is 4.21. The van der Waals surface area contributed by atoms with Gasteiger partial charge in [0.1, 0.15) is 5.92 Å². The van der Waals surface area contributed by atoms with Crippen LogP contribution in [-0.2, 0) is 11.2 Å². The Balaban J connectivity index is 1.99. The molecule has 1 aliphatic rings. The fourth-order valence-electron chi connectivity index (χ4n) is 2.93. The summed E-state index contributed by atoms with van der Waals surface area (Å²) in [7, 11) is 1.85. The molecular weight excluding hydrogens is 248 g/mol. The molecule has 1 fully saturated rings. The van der Waals surface area contributed by atoms with Crippen LogP contribution in [0, 0.1) is 17.2 Å². The summed E-state index contributed by atoms with van der Waals surface area (Å²) in [5.41, 5.74) is 1.05. The normalized spacial score (nSPS) is 17.2. The molecule has 0 aliphatic heterocycles. The van der Waals surface area contributed by atoms with E-state index in [1.165, 1.54) is 19.3 Å². The van der Waals surface area contributed by atoms with Gasteiger partial charge in [-0.25, -0.2) is 0 Å². The zero-order valence-electron chi connectivity index (χ0n) is 12.1. The summed E-state index contributed by atoms with van der Waals surface area (Å²) in [4.78, 5) is 14.3. The summed E-state index contributed by atoms with van der Waals surface area (Å²) in [6, 6.07) is 12.3. The fourth-order valence-corrected chi connectivity index (χ4v) is 2.93. The molecule has 1 unspecified atom stereocenters. The van der Waals surface area contributed by atoms with E-state index >= 15 is 0 Å². The summed E-state index contributed by atoms with van der Waals surface area (Å²) >= 11 is 0. The van der Waals surface area contributed by atoms with Crippen molar-refractivity contribution in [3.8, 4) is 6.07 Å². The molecule has 0 radical (unpaired) electrons. The highest BCUT2D eigenvalue weighted by atomic mass is 16.2. The fraction of sp³-hybridized carbons (Fsp3) is 0.529. The van der Waals surface area contributed by atoms with Crippen molar-refractivity contribution in [3.63, 3.8) is 0 Å². The number of nitrogens with zero attached hydrogens (tertiary/aromatic N) is 2. The molecule has 1 aromatic rings. The predicted molar refractivity (Wildman–Crippen MR) is 78.9 cm³/mol. The second-order valence-electron chi connectivity index (χ2n) is 5.61. The molecular formula is C17H22N2O. The van der Waals surface area contributed by atoms with Crippen LogP contribution in [0.5, 0.6) is 0 Å². The second-order valence-corrected chi connectivity index (χ2v) is 5.61. The van der Waals surface area contributed by atoms with E-state index in [1.54, 1.807) is 0 Å². The van der Waals surface area contributed by atoms with Gasteiger partial charge in [-0.3, -0.25) is 4.79 Å². The van der Waals surface area contributed by atoms with Gasteiger partial charge in [0.05, 0.1) is 6.07 Å². The Morgan fingerprint density at radius 1 is 1.30 bits per heavy atom. The summed E-state index contributed by atoms with van der Waals surface area (Å²) in [6.07, 6.45) is 6.31. The minimum absolute atomic E-state index is 0.0248. The van der Waals surface area contributed by atoms with Gasteiger partial charge in [-0.05, 0) is 24.8 Å². The third-order valence-corrected chi connectivity index (χ3v) is 4.21. The molecule has 0 saturated heterocycles. The first-order valence-corrected chi connectivity index (χ1v) is 7.42. The number of carbonyl (C=O) groups excluding carboxylic acids is 1. The summed E-state index contributed by atoms with van der Waals surface area (Å²) in [6.45, 7) is 0. The van der Waals surface area contributed by atoms with Gasteiger partial charge < -0.3 is 4.90 Å². The number of hydrogen-bond acceptors (Lipinski definition) is 2. The van der Waals surface area contributed by atoms with Gasteiger partial charge in [0.15, 0.2) is 0 Å². The highest BCUT2D eigenvalue weighted by molar-refractivity contribution is 5.81. The summed E-state index contributed by atoms with van der Waals surface area (Å²) in [5, 5.41) is 9.31. The highest BCUT2D eigenvalue weighted by Crippen LogP contribution is 2.23. The van der Waals surface area contributed by atoms with Gasteiger partial charge in [0.25, 0.3) is 0 Å². The molecule has 20 heavy (non-hydrogen) atoms. The van der Waals surface area contributed by atoms with Crippen molar-refractivity contribution in [2.45, 2.75) is 44.6 Å². The largest absolute Gasteiger partial charge is 0.342 e. The predicted octanol–water partition coefficient (Wildman–Crippen LogP) is 3.16. The SMILES string of the molecule is CN(C(=O)C(C#N)Cc1ccccc1)C1CCCCC1. The average Bonchev–Trinajstić information content (AvgIpc) is 2.53. The number of amides is 1. The Bertz CT molecular complexity index is 472. The average molecular weight is 270 g/mol. The van der Waals surface area contributed by atoms with Crippen molar-refractivity contribution in [1.29, 1.82) is 5.26 Å². The molecule has 3 heteroatoms. The Morgan fingerprint density at radius 2 is 1.95 bits per heavy atom. The van der Waals surface area contributed by atoms with E-state index in [-0.39, 0.29) is 5.91 Å². The smallest absolute Gasteiger partial charge is 0.240 e. The van der Waals surface area contributed by atoms with Crippen LogP contribution in [-0.4, -0.2) is 23.9 Å². The maximum Gasteiger partial charge on any atom is 0.240 e. The molecule has 1 aliphatic carbocycles. The van der Waals surface area contributed by atoms with E-state index in [1.807, 2.05) is 42.3 Å². The number of hydrogen-bond donors (Lipinski definition) is 0.